The maximum Gasteiger partial charge on any atom is 0.251 e. The fraction of sp³-hybridized carbons (Fsp3) is 0.889. The maximum atomic E-state index is 12.5. The van der Waals surface area contributed by atoms with Crippen molar-refractivity contribution in [2.24, 2.45) is 5.73 Å². The van der Waals surface area contributed by atoms with E-state index in [0.29, 0.717) is 26.2 Å². The van der Waals surface area contributed by atoms with Gasteiger partial charge in [-0.15, -0.1) is 24.8 Å². The van der Waals surface area contributed by atoms with Crippen molar-refractivity contribution >= 4 is 36.6 Å². The number of amides is 2. The van der Waals surface area contributed by atoms with Gasteiger partial charge in [-0.1, -0.05) is 12.8 Å². The zero-order chi connectivity index (χ0) is 17.6. The molecule has 0 aromatic rings. The van der Waals surface area contributed by atoms with Crippen LogP contribution in [0.25, 0.3) is 0 Å². The Labute approximate surface area is 174 Å². The van der Waals surface area contributed by atoms with Gasteiger partial charge in [0.1, 0.15) is 6.10 Å². The van der Waals surface area contributed by atoms with Crippen LogP contribution in [0.15, 0.2) is 0 Å². The van der Waals surface area contributed by atoms with E-state index in [1.165, 1.54) is 12.8 Å². The van der Waals surface area contributed by atoms with Gasteiger partial charge in [0.15, 0.2) is 0 Å². The molecule has 0 spiro atoms. The molecule has 7 nitrogen and oxygen atoms in total. The van der Waals surface area contributed by atoms with Crippen molar-refractivity contribution in [3.63, 3.8) is 0 Å². The number of likely N-dealkylation sites (tertiary alicyclic amines) is 1. The number of nitrogens with zero attached hydrogens (tertiary/aromatic N) is 3. The first-order valence-electron chi connectivity index (χ1n) is 9.82. The Kier molecular flexibility index (Phi) is 10.9. The number of rotatable bonds is 4. The lowest BCUT2D eigenvalue weighted by Gasteiger charge is -2.36. The topological polar surface area (TPSA) is 79.1 Å². The fourth-order valence-electron chi connectivity index (χ4n) is 4.00. The minimum Gasteiger partial charge on any atom is -0.364 e. The zero-order valence-corrected chi connectivity index (χ0v) is 17.6. The zero-order valence-electron chi connectivity index (χ0n) is 16.0. The van der Waals surface area contributed by atoms with Gasteiger partial charge < -0.3 is 20.3 Å². The molecule has 0 aliphatic carbocycles. The second-order valence-corrected chi connectivity index (χ2v) is 7.46. The van der Waals surface area contributed by atoms with E-state index in [2.05, 4.69) is 4.90 Å². The molecule has 3 fully saturated rings. The van der Waals surface area contributed by atoms with Crippen LogP contribution in [-0.4, -0.2) is 91.1 Å². The van der Waals surface area contributed by atoms with Crippen LogP contribution in [0.1, 0.15) is 38.5 Å². The highest BCUT2D eigenvalue weighted by Gasteiger charge is 2.34. The van der Waals surface area contributed by atoms with Crippen molar-refractivity contribution in [1.29, 1.82) is 0 Å². The lowest BCUT2D eigenvalue weighted by molar-refractivity contribution is -0.144. The Morgan fingerprint density at radius 1 is 0.852 bits per heavy atom. The lowest BCUT2D eigenvalue weighted by atomic mass is 10.1. The lowest BCUT2D eigenvalue weighted by Crippen LogP contribution is -2.53. The van der Waals surface area contributed by atoms with E-state index in [1.807, 2.05) is 9.80 Å². The number of ether oxygens (including phenoxy) is 1. The summed E-state index contributed by atoms with van der Waals surface area (Å²) in [7, 11) is 0. The third-order valence-corrected chi connectivity index (χ3v) is 5.65. The molecule has 2 N–H and O–H groups in total. The van der Waals surface area contributed by atoms with Crippen molar-refractivity contribution in [3.8, 4) is 0 Å². The van der Waals surface area contributed by atoms with E-state index >= 15 is 0 Å². The molecule has 3 heterocycles. The predicted octanol–water partition coefficient (Wildman–Crippen LogP) is 0.883. The van der Waals surface area contributed by atoms with E-state index in [9.17, 15) is 9.59 Å². The standard InChI is InChI=1S/C18H32N4O3.2ClH/c19-13-15-5-6-16(25-15)18(24)22-11-9-20(10-12-22)14-17(23)21-7-3-1-2-4-8-21;;/h15-16H,1-14,19H2;2*1H/t15-,16+;;/m1../s1. The minimum absolute atomic E-state index is 0. The number of hydrogen-bond acceptors (Lipinski definition) is 5. The summed E-state index contributed by atoms with van der Waals surface area (Å²) < 4.78 is 5.72. The summed E-state index contributed by atoms with van der Waals surface area (Å²) >= 11 is 0. The molecule has 27 heavy (non-hydrogen) atoms. The van der Waals surface area contributed by atoms with Crippen molar-refractivity contribution in [3.05, 3.63) is 0 Å². The summed E-state index contributed by atoms with van der Waals surface area (Å²) in [5, 5.41) is 0. The Balaban J connectivity index is 0.00000182. The molecular formula is C18H34Cl2N4O3. The summed E-state index contributed by atoms with van der Waals surface area (Å²) in [6.45, 7) is 5.65. The smallest absolute Gasteiger partial charge is 0.251 e. The molecule has 9 heteroatoms. The molecule has 2 atom stereocenters. The number of nitrogens with two attached hydrogens (primary N) is 1. The van der Waals surface area contributed by atoms with Gasteiger partial charge in [0.05, 0.1) is 12.6 Å². The van der Waals surface area contributed by atoms with E-state index in [4.69, 9.17) is 10.5 Å². The molecule has 0 aromatic heterocycles. The van der Waals surface area contributed by atoms with Crippen molar-refractivity contribution < 1.29 is 14.3 Å². The summed E-state index contributed by atoms with van der Waals surface area (Å²) in [6.07, 6.45) is 6.07. The van der Waals surface area contributed by atoms with Gasteiger partial charge in [0, 0.05) is 45.8 Å². The third kappa shape index (κ3) is 6.75. The number of carbonyl (C=O) groups excluding carboxylic acids is 2. The second kappa shape index (κ2) is 12.1. The summed E-state index contributed by atoms with van der Waals surface area (Å²) in [6, 6.07) is 0. The summed E-state index contributed by atoms with van der Waals surface area (Å²) in [4.78, 5) is 31.1. The molecule has 3 aliphatic heterocycles. The molecular weight excluding hydrogens is 391 g/mol. The van der Waals surface area contributed by atoms with E-state index < -0.39 is 0 Å². The van der Waals surface area contributed by atoms with Crippen LogP contribution < -0.4 is 5.73 Å². The highest BCUT2D eigenvalue weighted by molar-refractivity contribution is 5.85. The van der Waals surface area contributed by atoms with Crippen LogP contribution in [-0.2, 0) is 14.3 Å². The first-order chi connectivity index (χ1) is 12.2. The van der Waals surface area contributed by atoms with Gasteiger partial charge >= 0.3 is 0 Å². The van der Waals surface area contributed by atoms with E-state index in [-0.39, 0.29) is 48.8 Å². The molecule has 3 saturated heterocycles. The number of carbonyl (C=O) groups is 2. The molecule has 2 amide bonds. The average Bonchev–Trinajstić information content (AvgIpc) is 2.95. The molecule has 3 aliphatic rings. The van der Waals surface area contributed by atoms with E-state index in [0.717, 1.165) is 51.9 Å². The Bertz CT molecular complexity index is 468. The van der Waals surface area contributed by atoms with Gasteiger partial charge in [-0.25, -0.2) is 0 Å². The largest absolute Gasteiger partial charge is 0.364 e. The molecule has 0 bridgehead atoms. The fourth-order valence-corrected chi connectivity index (χ4v) is 4.00. The highest BCUT2D eigenvalue weighted by atomic mass is 35.5. The molecule has 158 valence electrons. The van der Waals surface area contributed by atoms with Crippen molar-refractivity contribution in [2.75, 3.05) is 52.4 Å². The van der Waals surface area contributed by atoms with E-state index in [1.54, 1.807) is 0 Å². The highest BCUT2D eigenvalue weighted by Crippen LogP contribution is 2.21. The van der Waals surface area contributed by atoms with Crippen LogP contribution >= 0.6 is 24.8 Å². The first kappa shape index (κ1) is 24.4. The molecule has 0 saturated carbocycles. The van der Waals surface area contributed by atoms with Gasteiger partial charge in [-0.3, -0.25) is 14.5 Å². The van der Waals surface area contributed by atoms with Crippen molar-refractivity contribution in [2.45, 2.75) is 50.7 Å². The SMILES string of the molecule is Cl.Cl.NC[C@H]1CC[C@@H](C(=O)N2CCN(CC(=O)N3CCCCCC3)CC2)O1. The molecule has 0 aromatic carbocycles. The van der Waals surface area contributed by atoms with Gasteiger partial charge in [0.25, 0.3) is 5.91 Å². The van der Waals surface area contributed by atoms with Crippen LogP contribution in [0.4, 0.5) is 0 Å². The Hall–Kier alpha value is -0.600. The Morgan fingerprint density at radius 2 is 1.48 bits per heavy atom. The number of halogens is 2. The van der Waals surface area contributed by atoms with Crippen LogP contribution in [0.2, 0.25) is 0 Å². The normalized spacial score (nSPS) is 26.7. The van der Waals surface area contributed by atoms with Gasteiger partial charge in [-0.05, 0) is 25.7 Å². The monoisotopic (exact) mass is 424 g/mol. The number of hydrogen-bond donors (Lipinski definition) is 1. The summed E-state index contributed by atoms with van der Waals surface area (Å²) in [5.74, 6) is 0.334. The summed E-state index contributed by atoms with van der Waals surface area (Å²) in [5.41, 5.74) is 5.62. The van der Waals surface area contributed by atoms with Crippen LogP contribution in [0.3, 0.4) is 0 Å². The predicted molar refractivity (Wildman–Crippen MR) is 110 cm³/mol. The maximum absolute atomic E-state index is 12.5. The molecule has 3 rings (SSSR count). The van der Waals surface area contributed by atoms with Gasteiger partial charge in [-0.2, -0.15) is 0 Å². The Morgan fingerprint density at radius 3 is 2.04 bits per heavy atom. The molecule has 0 radical (unpaired) electrons. The minimum atomic E-state index is -0.321. The average molecular weight is 425 g/mol. The van der Waals surface area contributed by atoms with Crippen molar-refractivity contribution in [1.82, 2.24) is 14.7 Å². The second-order valence-electron chi connectivity index (χ2n) is 7.46. The third-order valence-electron chi connectivity index (χ3n) is 5.65. The van der Waals surface area contributed by atoms with Crippen LogP contribution in [0.5, 0.6) is 0 Å². The van der Waals surface area contributed by atoms with Crippen LogP contribution in [0, 0.1) is 0 Å². The molecule has 0 unspecified atom stereocenters. The first-order valence-corrected chi connectivity index (χ1v) is 9.82. The number of piperazine rings is 1. The van der Waals surface area contributed by atoms with Gasteiger partial charge in [0.2, 0.25) is 5.91 Å². The quantitative estimate of drug-likeness (QED) is 0.724.